The number of nitrogens with one attached hydrogen (secondary N) is 2. The first-order valence-corrected chi connectivity index (χ1v) is 6.84. The van der Waals surface area contributed by atoms with Gasteiger partial charge >= 0.3 is 0 Å². The molecule has 0 spiro atoms. The van der Waals surface area contributed by atoms with Gasteiger partial charge in [-0.05, 0) is 25.1 Å². The summed E-state index contributed by atoms with van der Waals surface area (Å²) in [6.07, 6.45) is 0. The highest BCUT2D eigenvalue weighted by Crippen LogP contribution is 2.02. The van der Waals surface area contributed by atoms with E-state index in [0.29, 0.717) is 24.7 Å². The van der Waals surface area contributed by atoms with Gasteiger partial charge in [-0.15, -0.1) is 0 Å². The molecule has 1 heterocycles. The highest BCUT2D eigenvalue weighted by molar-refractivity contribution is 5.91. The van der Waals surface area contributed by atoms with Crippen molar-refractivity contribution in [1.29, 1.82) is 0 Å². The van der Waals surface area contributed by atoms with Crippen LogP contribution in [-0.2, 0) is 11.3 Å². The summed E-state index contributed by atoms with van der Waals surface area (Å²) in [6.45, 7) is 5.50. The Bertz CT molecular complexity index is 490. The van der Waals surface area contributed by atoms with Crippen LogP contribution in [0.2, 0.25) is 0 Å². The number of nitrogens with zero attached hydrogens (tertiary/aromatic N) is 2. The van der Waals surface area contributed by atoms with Gasteiger partial charge in [0.1, 0.15) is 5.69 Å². The molecule has 1 aromatic rings. The zero-order chi connectivity index (χ0) is 15.8. The summed E-state index contributed by atoms with van der Waals surface area (Å²) in [5.74, 6) is 5.04. The number of carbonyl (C=O) groups is 2. The van der Waals surface area contributed by atoms with Crippen LogP contribution in [0.3, 0.4) is 0 Å². The van der Waals surface area contributed by atoms with E-state index in [9.17, 15) is 9.59 Å². The average molecular weight is 293 g/mol. The van der Waals surface area contributed by atoms with Crippen LogP contribution in [0.15, 0.2) is 18.2 Å². The molecule has 0 radical (unpaired) electrons. The maximum atomic E-state index is 11.7. The number of rotatable bonds is 7. The maximum Gasteiger partial charge on any atom is 0.283 e. The Morgan fingerprint density at radius 1 is 1.38 bits per heavy atom. The fourth-order valence-electron chi connectivity index (χ4n) is 1.72. The summed E-state index contributed by atoms with van der Waals surface area (Å²) in [7, 11) is 1.83. The lowest BCUT2D eigenvalue weighted by atomic mass is 10.2. The average Bonchev–Trinajstić information content (AvgIpc) is 2.44. The molecular formula is C14H23N5O2. The van der Waals surface area contributed by atoms with Gasteiger partial charge in [-0.1, -0.05) is 19.9 Å². The molecule has 0 unspecified atom stereocenters. The molecule has 0 saturated heterocycles. The Morgan fingerprint density at radius 2 is 2.10 bits per heavy atom. The summed E-state index contributed by atoms with van der Waals surface area (Å²) in [6, 6.07) is 5.12. The number of carbonyl (C=O) groups excluding carboxylic acids is 2. The highest BCUT2D eigenvalue weighted by Gasteiger charge is 2.10. The minimum atomic E-state index is -0.436. The summed E-state index contributed by atoms with van der Waals surface area (Å²) in [5.41, 5.74) is 3.00. The molecule has 0 aliphatic heterocycles. The number of hydrogen-bond acceptors (Lipinski definition) is 5. The Balaban J connectivity index is 2.52. The Labute approximate surface area is 124 Å². The van der Waals surface area contributed by atoms with Gasteiger partial charge in [0.15, 0.2) is 0 Å². The second kappa shape index (κ2) is 8.33. The highest BCUT2D eigenvalue weighted by atomic mass is 16.2. The van der Waals surface area contributed by atoms with Gasteiger partial charge in [0.2, 0.25) is 5.91 Å². The van der Waals surface area contributed by atoms with Crippen LogP contribution in [0.4, 0.5) is 0 Å². The monoisotopic (exact) mass is 293 g/mol. The number of pyridine rings is 1. The van der Waals surface area contributed by atoms with Gasteiger partial charge in [-0.25, -0.2) is 10.8 Å². The van der Waals surface area contributed by atoms with E-state index >= 15 is 0 Å². The number of hydrazine groups is 1. The predicted octanol–water partition coefficient (Wildman–Crippen LogP) is -0.111. The zero-order valence-electron chi connectivity index (χ0n) is 12.7. The quantitative estimate of drug-likeness (QED) is 0.370. The van der Waals surface area contributed by atoms with Crippen LogP contribution >= 0.6 is 0 Å². The first-order chi connectivity index (χ1) is 9.92. The number of aromatic nitrogens is 1. The van der Waals surface area contributed by atoms with Crippen LogP contribution in [-0.4, -0.2) is 41.8 Å². The van der Waals surface area contributed by atoms with E-state index in [1.807, 2.05) is 31.2 Å². The van der Waals surface area contributed by atoms with E-state index in [4.69, 9.17) is 5.84 Å². The van der Waals surface area contributed by atoms with Gasteiger partial charge in [-0.2, -0.15) is 0 Å². The topological polar surface area (TPSA) is 100 Å². The number of hydrogen-bond donors (Lipinski definition) is 3. The molecule has 116 valence electrons. The number of amides is 2. The third-order valence-electron chi connectivity index (χ3n) is 2.72. The van der Waals surface area contributed by atoms with E-state index in [1.54, 1.807) is 18.2 Å². The van der Waals surface area contributed by atoms with Gasteiger partial charge < -0.3 is 5.32 Å². The van der Waals surface area contributed by atoms with Crippen molar-refractivity contribution in [2.75, 3.05) is 20.1 Å². The van der Waals surface area contributed by atoms with Crippen LogP contribution in [0.25, 0.3) is 0 Å². The molecule has 1 aromatic heterocycles. The van der Waals surface area contributed by atoms with E-state index in [1.165, 1.54) is 0 Å². The lowest BCUT2D eigenvalue weighted by Gasteiger charge is -2.16. The SMILES string of the molecule is CC(C)CNC(=O)CN(C)Cc1cccc(C(=O)NN)n1. The minimum Gasteiger partial charge on any atom is -0.355 e. The molecule has 2 amide bonds. The summed E-state index contributed by atoms with van der Waals surface area (Å²) in [4.78, 5) is 29.2. The van der Waals surface area contributed by atoms with E-state index < -0.39 is 5.91 Å². The summed E-state index contributed by atoms with van der Waals surface area (Å²) in [5, 5.41) is 2.86. The van der Waals surface area contributed by atoms with Crippen molar-refractivity contribution in [2.24, 2.45) is 11.8 Å². The van der Waals surface area contributed by atoms with Crippen LogP contribution in [0.5, 0.6) is 0 Å². The normalized spacial score (nSPS) is 10.8. The third-order valence-corrected chi connectivity index (χ3v) is 2.72. The van der Waals surface area contributed by atoms with Gasteiger partial charge in [0.25, 0.3) is 5.91 Å². The van der Waals surface area contributed by atoms with Crippen molar-refractivity contribution in [1.82, 2.24) is 20.6 Å². The van der Waals surface area contributed by atoms with Crippen molar-refractivity contribution in [2.45, 2.75) is 20.4 Å². The molecule has 0 saturated carbocycles. The summed E-state index contributed by atoms with van der Waals surface area (Å²) >= 11 is 0. The maximum absolute atomic E-state index is 11.7. The molecule has 0 aliphatic rings. The third kappa shape index (κ3) is 6.33. The van der Waals surface area contributed by atoms with Crippen molar-refractivity contribution in [3.63, 3.8) is 0 Å². The fraction of sp³-hybridized carbons (Fsp3) is 0.500. The minimum absolute atomic E-state index is 0.0259. The predicted molar refractivity (Wildman–Crippen MR) is 80.1 cm³/mol. The second-order valence-corrected chi connectivity index (χ2v) is 5.36. The van der Waals surface area contributed by atoms with Crippen molar-refractivity contribution in [3.05, 3.63) is 29.6 Å². The van der Waals surface area contributed by atoms with E-state index in [2.05, 4.69) is 10.3 Å². The molecule has 21 heavy (non-hydrogen) atoms. The molecule has 0 aromatic carbocycles. The number of nitrogen functional groups attached to an aromatic ring is 1. The lowest BCUT2D eigenvalue weighted by Crippen LogP contribution is -2.36. The van der Waals surface area contributed by atoms with Gasteiger partial charge in [0.05, 0.1) is 12.2 Å². The molecule has 0 atom stereocenters. The molecule has 0 bridgehead atoms. The largest absolute Gasteiger partial charge is 0.355 e. The molecular weight excluding hydrogens is 270 g/mol. The van der Waals surface area contributed by atoms with Crippen molar-refractivity contribution < 1.29 is 9.59 Å². The molecule has 7 nitrogen and oxygen atoms in total. The number of nitrogens with two attached hydrogens (primary N) is 1. The Kier molecular flexibility index (Phi) is 6.77. The van der Waals surface area contributed by atoms with E-state index in [-0.39, 0.29) is 18.1 Å². The van der Waals surface area contributed by atoms with Crippen molar-refractivity contribution in [3.8, 4) is 0 Å². The Hall–Kier alpha value is -1.99. The standard InChI is InChI=1S/C14H23N5O2/c1-10(2)7-16-13(20)9-19(3)8-11-5-4-6-12(17-11)14(21)18-15/h4-6,10H,7-9,15H2,1-3H3,(H,16,20)(H,18,21). The number of likely N-dealkylation sites (N-methyl/N-ethyl adjacent to an activating group) is 1. The first-order valence-electron chi connectivity index (χ1n) is 6.84. The first kappa shape index (κ1) is 17.1. The van der Waals surface area contributed by atoms with Crippen molar-refractivity contribution >= 4 is 11.8 Å². The fourth-order valence-corrected chi connectivity index (χ4v) is 1.72. The molecule has 4 N–H and O–H groups in total. The van der Waals surface area contributed by atoms with E-state index in [0.717, 1.165) is 0 Å². The van der Waals surface area contributed by atoms with Crippen LogP contribution in [0, 0.1) is 5.92 Å². The molecule has 1 rings (SSSR count). The molecule has 0 aliphatic carbocycles. The molecule has 7 heteroatoms. The van der Waals surface area contributed by atoms with Gasteiger partial charge in [-0.3, -0.25) is 19.9 Å². The smallest absolute Gasteiger partial charge is 0.283 e. The summed E-state index contributed by atoms with van der Waals surface area (Å²) < 4.78 is 0. The van der Waals surface area contributed by atoms with Crippen LogP contribution in [0.1, 0.15) is 30.0 Å². The lowest BCUT2D eigenvalue weighted by molar-refractivity contribution is -0.122. The second-order valence-electron chi connectivity index (χ2n) is 5.36. The van der Waals surface area contributed by atoms with Crippen LogP contribution < -0.4 is 16.6 Å². The molecule has 0 fully saturated rings. The van der Waals surface area contributed by atoms with Gasteiger partial charge in [0, 0.05) is 13.1 Å². The zero-order valence-corrected chi connectivity index (χ0v) is 12.7. The Morgan fingerprint density at radius 3 is 2.71 bits per heavy atom.